The second-order valence-electron chi connectivity index (χ2n) is 5.80. The van der Waals surface area contributed by atoms with Gasteiger partial charge in [-0.05, 0) is 42.5 Å². The zero-order valence-corrected chi connectivity index (χ0v) is 14.6. The molecule has 28 heavy (non-hydrogen) atoms. The molecule has 0 atom stereocenters. The Labute approximate surface area is 158 Å². The number of nitrogens with one attached hydrogen (secondary N) is 1. The minimum atomic E-state index is -4.40. The first-order valence-electron chi connectivity index (χ1n) is 8.28. The van der Waals surface area contributed by atoms with E-state index in [1.54, 1.807) is 24.3 Å². The Kier molecular flexibility index (Phi) is 5.65. The zero-order chi connectivity index (χ0) is 20.1. The van der Waals surface area contributed by atoms with Crippen molar-refractivity contribution in [1.29, 1.82) is 0 Å². The molecule has 0 bridgehead atoms. The standard InChI is InChI=1S/C19H17F3N4O2/c20-19(21,22)12-1-4-14(5-2-12)25-16-6-3-13(23)11-15(16)18-24-8-7-17(26-18)28-10-9-27/h1-8,11,25,27H,9-10,23H2. The number of aliphatic hydroxyl groups excluding tert-OH is 1. The van der Waals surface area contributed by atoms with Crippen LogP contribution in [0.3, 0.4) is 0 Å². The lowest BCUT2D eigenvalue weighted by Gasteiger charge is -2.14. The number of nitrogen functional groups attached to an aromatic ring is 1. The summed E-state index contributed by atoms with van der Waals surface area (Å²) in [5, 5.41) is 11.9. The van der Waals surface area contributed by atoms with Crippen LogP contribution in [0.15, 0.2) is 54.7 Å². The number of hydrogen-bond acceptors (Lipinski definition) is 6. The van der Waals surface area contributed by atoms with E-state index in [2.05, 4.69) is 15.3 Å². The Bertz CT molecular complexity index is 947. The Balaban J connectivity index is 1.91. The predicted octanol–water partition coefficient (Wildman–Crippen LogP) is 3.86. The van der Waals surface area contributed by atoms with E-state index >= 15 is 0 Å². The first kappa shape index (κ1) is 19.4. The number of ether oxygens (including phenoxy) is 1. The van der Waals surface area contributed by atoms with Crippen molar-refractivity contribution in [2.45, 2.75) is 6.18 Å². The summed E-state index contributed by atoms with van der Waals surface area (Å²) in [6.07, 6.45) is -2.89. The summed E-state index contributed by atoms with van der Waals surface area (Å²) in [6.45, 7) is -0.0671. The Morgan fingerprint density at radius 3 is 2.50 bits per heavy atom. The molecule has 0 spiro atoms. The molecule has 146 valence electrons. The van der Waals surface area contributed by atoms with Crippen LogP contribution in [0.5, 0.6) is 5.88 Å². The molecule has 4 N–H and O–H groups in total. The number of benzene rings is 2. The van der Waals surface area contributed by atoms with E-state index in [9.17, 15) is 13.2 Å². The van der Waals surface area contributed by atoms with E-state index in [1.807, 2.05) is 0 Å². The van der Waals surface area contributed by atoms with Crippen molar-refractivity contribution < 1.29 is 23.0 Å². The Morgan fingerprint density at radius 1 is 1.07 bits per heavy atom. The van der Waals surface area contributed by atoms with E-state index in [0.29, 0.717) is 28.5 Å². The summed E-state index contributed by atoms with van der Waals surface area (Å²) in [5.41, 5.74) is 7.19. The van der Waals surface area contributed by atoms with Gasteiger partial charge in [-0.2, -0.15) is 18.2 Å². The Hall–Kier alpha value is -3.33. The summed E-state index contributed by atoms with van der Waals surface area (Å²) in [5.74, 6) is 0.596. The van der Waals surface area contributed by atoms with E-state index < -0.39 is 11.7 Å². The zero-order valence-electron chi connectivity index (χ0n) is 14.6. The largest absolute Gasteiger partial charge is 0.475 e. The first-order valence-corrected chi connectivity index (χ1v) is 8.28. The lowest BCUT2D eigenvalue weighted by atomic mass is 10.1. The third-order valence-electron chi connectivity index (χ3n) is 3.75. The second kappa shape index (κ2) is 8.13. The lowest BCUT2D eigenvalue weighted by molar-refractivity contribution is -0.137. The highest BCUT2D eigenvalue weighted by Crippen LogP contribution is 2.33. The molecule has 0 aliphatic heterocycles. The molecule has 2 aromatic carbocycles. The van der Waals surface area contributed by atoms with Gasteiger partial charge in [0.2, 0.25) is 5.88 Å². The molecule has 0 unspecified atom stereocenters. The minimum absolute atomic E-state index is 0.0873. The first-order chi connectivity index (χ1) is 13.4. The van der Waals surface area contributed by atoms with Gasteiger partial charge in [-0.15, -0.1) is 0 Å². The molecule has 0 saturated carbocycles. The van der Waals surface area contributed by atoms with Gasteiger partial charge < -0.3 is 20.9 Å². The highest BCUT2D eigenvalue weighted by Gasteiger charge is 2.29. The van der Waals surface area contributed by atoms with Crippen molar-refractivity contribution >= 4 is 17.1 Å². The molecule has 9 heteroatoms. The lowest BCUT2D eigenvalue weighted by Crippen LogP contribution is -2.05. The summed E-state index contributed by atoms with van der Waals surface area (Å²) < 4.78 is 43.5. The molecule has 3 rings (SSSR count). The smallest absolute Gasteiger partial charge is 0.416 e. The number of nitrogens with zero attached hydrogens (tertiary/aromatic N) is 2. The topological polar surface area (TPSA) is 93.3 Å². The number of nitrogens with two attached hydrogens (primary N) is 1. The molecule has 1 heterocycles. The van der Waals surface area contributed by atoms with Gasteiger partial charge in [0.15, 0.2) is 5.82 Å². The van der Waals surface area contributed by atoms with Gasteiger partial charge in [-0.25, -0.2) is 4.98 Å². The van der Waals surface area contributed by atoms with E-state index in [-0.39, 0.29) is 19.1 Å². The van der Waals surface area contributed by atoms with Crippen LogP contribution in [-0.4, -0.2) is 28.3 Å². The van der Waals surface area contributed by atoms with E-state index in [1.165, 1.54) is 18.3 Å². The van der Waals surface area contributed by atoms with Crippen LogP contribution in [0.4, 0.5) is 30.2 Å². The van der Waals surface area contributed by atoms with E-state index in [4.69, 9.17) is 15.6 Å². The summed E-state index contributed by atoms with van der Waals surface area (Å²) in [7, 11) is 0. The van der Waals surface area contributed by atoms with Crippen molar-refractivity contribution in [2.75, 3.05) is 24.3 Å². The van der Waals surface area contributed by atoms with Crippen LogP contribution in [0, 0.1) is 0 Å². The van der Waals surface area contributed by atoms with Gasteiger partial charge in [-0.1, -0.05) is 0 Å². The molecule has 0 radical (unpaired) electrons. The fraction of sp³-hybridized carbons (Fsp3) is 0.158. The van der Waals surface area contributed by atoms with E-state index in [0.717, 1.165) is 12.1 Å². The normalized spacial score (nSPS) is 11.3. The Morgan fingerprint density at radius 2 is 1.82 bits per heavy atom. The van der Waals surface area contributed by atoms with Gasteiger partial charge in [0.1, 0.15) is 6.61 Å². The van der Waals surface area contributed by atoms with Crippen LogP contribution >= 0.6 is 0 Å². The third-order valence-corrected chi connectivity index (χ3v) is 3.75. The maximum absolute atomic E-state index is 12.7. The van der Waals surface area contributed by atoms with Crippen molar-refractivity contribution in [1.82, 2.24) is 9.97 Å². The number of alkyl halides is 3. The average Bonchev–Trinajstić information content (AvgIpc) is 2.68. The number of halogens is 3. The molecule has 0 fully saturated rings. The number of anilines is 3. The van der Waals surface area contributed by atoms with Crippen LogP contribution in [-0.2, 0) is 6.18 Å². The highest BCUT2D eigenvalue weighted by molar-refractivity contribution is 5.80. The van der Waals surface area contributed by atoms with Crippen molar-refractivity contribution in [3.63, 3.8) is 0 Å². The summed E-state index contributed by atoms with van der Waals surface area (Å²) in [6, 6.07) is 11.2. The molecule has 6 nitrogen and oxygen atoms in total. The van der Waals surface area contributed by atoms with Gasteiger partial charge in [-0.3, -0.25) is 0 Å². The number of rotatable bonds is 6. The number of aliphatic hydroxyl groups is 1. The number of hydrogen-bond donors (Lipinski definition) is 3. The predicted molar refractivity (Wildman–Crippen MR) is 99.2 cm³/mol. The molecule has 0 aliphatic rings. The van der Waals surface area contributed by atoms with Crippen molar-refractivity contribution in [3.05, 3.63) is 60.3 Å². The summed E-state index contributed by atoms with van der Waals surface area (Å²) in [4.78, 5) is 8.49. The molecule has 1 aromatic heterocycles. The maximum atomic E-state index is 12.7. The fourth-order valence-electron chi connectivity index (χ4n) is 2.46. The third kappa shape index (κ3) is 4.68. The molecular weight excluding hydrogens is 373 g/mol. The molecular formula is C19H17F3N4O2. The van der Waals surface area contributed by atoms with Crippen molar-refractivity contribution in [2.24, 2.45) is 0 Å². The summed E-state index contributed by atoms with van der Waals surface area (Å²) >= 11 is 0. The van der Waals surface area contributed by atoms with Gasteiger partial charge in [0.05, 0.1) is 12.2 Å². The SMILES string of the molecule is Nc1ccc(Nc2ccc(C(F)(F)F)cc2)c(-c2nccc(OCCO)n2)c1. The fourth-order valence-corrected chi connectivity index (χ4v) is 2.46. The quantitative estimate of drug-likeness (QED) is 0.554. The van der Waals surface area contributed by atoms with Gasteiger partial charge in [0, 0.05) is 34.9 Å². The van der Waals surface area contributed by atoms with Gasteiger partial charge in [0.25, 0.3) is 0 Å². The van der Waals surface area contributed by atoms with Crippen LogP contribution in [0.25, 0.3) is 11.4 Å². The monoisotopic (exact) mass is 390 g/mol. The highest BCUT2D eigenvalue weighted by atomic mass is 19.4. The van der Waals surface area contributed by atoms with Crippen molar-refractivity contribution in [3.8, 4) is 17.3 Å². The average molecular weight is 390 g/mol. The molecule has 3 aromatic rings. The minimum Gasteiger partial charge on any atom is -0.475 e. The molecule has 0 amide bonds. The second-order valence-corrected chi connectivity index (χ2v) is 5.80. The van der Waals surface area contributed by atoms with Crippen LogP contribution in [0.2, 0.25) is 0 Å². The van der Waals surface area contributed by atoms with Crippen LogP contribution in [0.1, 0.15) is 5.56 Å². The molecule has 0 saturated heterocycles. The van der Waals surface area contributed by atoms with Crippen LogP contribution < -0.4 is 15.8 Å². The molecule has 0 aliphatic carbocycles. The maximum Gasteiger partial charge on any atom is 0.416 e. The van der Waals surface area contributed by atoms with Gasteiger partial charge >= 0.3 is 6.18 Å². The number of aromatic nitrogens is 2.